The van der Waals surface area contributed by atoms with Crippen LogP contribution in [-0.2, 0) is 4.79 Å². The maximum absolute atomic E-state index is 12.7. The highest BCUT2D eigenvalue weighted by atomic mass is 16.2. The highest BCUT2D eigenvalue weighted by molar-refractivity contribution is 6.04. The monoisotopic (exact) mass is 494 g/mol. The van der Waals surface area contributed by atoms with Crippen LogP contribution in [0.4, 0.5) is 4.79 Å². The largest absolute Gasteiger partial charge is 0.326 e. The molecule has 1 saturated heterocycles. The molecule has 2 atom stereocenters. The zero-order valence-electron chi connectivity index (χ0n) is 22.1. The number of hydrogen-bond donors (Lipinski definition) is 2. The van der Waals surface area contributed by atoms with E-state index in [1.807, 2.05) is 54.3 Å². The van der Waals surface area contributed by atoms with Crippen molar-refractivity contribution in [3.63, 3.8) is 0 Å². The lowest BCUT2D eigenvalue weighted by molar-refractivity contribution is -0.127. The predicted molar refractivity (Wildman–Crippen MR) is 147 cm³/mol. The van der Waals surface area contributed by atoms with Crippen molar-refractivity contribution in [2.75, 3.05) is 13.6 Å². The van der Waals surface area contributed by atoms with Crippen molar-refractivity contribution in [2.45, 2.75) is 90.3 Å². The van der Waals surface area contributed by atoms with Gasteiger partial charge in [0.25, 0.3) is 5.91 Å². The van der Waals surface area contributed by atoms with Gasteiger partial charge >= 0.3 is 6.03 Å². The second kappa shape index (κ2) is 14.4. The van der Waals surface area contributed by atoms with Crippen LogP contribution in [0.5, 0.6) is 0 Å². The van der Waals surface area contributed by atoms with E-state index in [9.17, 15) is 9.59 Å². The SMILES string of the molecule is CCCCCCCCCCCCN1C(N/N=C(C)\C=C\c2ccccc2)=NC2C1C(=O)NC(=O)N2C. The fraction of sp³-hybridized carbons (Fsp3) is 0.571. The van der Waals surface area contributed by atoms with Gasteiger partial charge in [-0.25, -0.2) is 15.2 Å². The molecule has 3 amide bonds. The molecule has 0 aromatic heterocycles. The van der Waals surface area contributed by atoms with E-state index in [-0.39, 0.29) is 5.91 Å². The summed E-state index contributed by atoms with van der Waals surface area (Å²) in [5.41, 5.74) is 4.94. The predicted octanol–water partition coefficient (Wildman–Crippen LogP) is 5.13. The van der Waals surface area contributed by atoms with Gasteiger partial charge in [-0.05, 0) is 25.0 Å². The van der Waals surface area contributed by atoms with Crippen molar-refractivity contribution < 1.29 is 9.59 Å². The van der Waals surface area contributed by atoms with Crippen LogP contribution in [0.15, 0.2) is 46.5 Å². The molecule has 1 aromatic carbocycles. The molecule has 2 aliphatic rings. The molecular formula is C28H42N6O2. The Balaban J connectivity index is 1.55. The van der Waals surface area contributed by atoms with Crippen LogP contribution in [0.25, 0.3) is 6.08 Å². The Morgan fingerprint density at radius 3 is 2.33 bits per heavy atom. The molecule has 2 aliphatic heterocycles. The third kappa shape index (κ3) is 7.93. The highest BCUT2D eigenvalue weighted by Crippen LogP contribution is 2.24. The van der Waals surface area contributed by atoms with E-state index >= 15 is 0 Å². The van der Waals surface area contributed by atoms with Gasteiger partial charge in [0.15, 0.2) is 12.2 Å². The van der Waals surface area contributed by atoms with Gasteiger partial charge in [0.05, 0.1) is 5.71 Å². The Hall–Kier alpha value is -3.16. The Bertz CT molecular complexity index is 943. The lowest BCUT2D eigenvalue weighted by Gasteiger charge is -2.36. The van der Waals surface area contributed by atoms with Crippen LogP contribution in [0.2, 0.25) is 0 Å². The molecule has 1 fully saturated rings. The van der Waals surface area contributed by atoms with Crippen molar-refractivity contribution in [1.82, 2.24) is 20.5 Å². The summed E-state index contributed by atoms with van der Waals surface area (Å²) in [4.78, 5) is 33.0. The number of carbonyl (C=O) groups is 2. The third-order valence-corrected chi connectivity index (χ3v) is 6.76. The summed E-state index contributed by atoms with van der Waals surface area (Å²) < 4.78 is 0. The second-order valence-corrected chi connectivity index (χ2v) is 9.70. The van der Waals surface area contributed by atoms with Crippen LogP contribution in [0, 0.1) is 0 Å². The van der Waals surface area contributed by atoms with Crippen molar-refractivity contribution >= 4 is 29.7 Å². The molecule has 0 bridgehead atoms. The summed E-state index contributed by atoms with van der Waals surface area (Å²) in [5, 5.41) is 6.92. The van der Waals surface area contributed by atoms with E-state index in [4.69, 9.17) is 0 Å². The maximum Gasteiger partial charge on any atom is 0.325 e. The summed E-state index contributed by atoms with van der Waals surface area (Å²) in [6.07, 6.45) is 15.9. The molecule has 2 heterocycles. The number of urea groups is 1. The molecule has 0 spiro atoms. The molecule has 2 N–H and O–H groups in total. The number of nitrogens with one attached hydrogen (secondary N) is 2. The van der Waals surface area contributed by atoms with E-state index in [0.29, 0.717) is 12.5 Å². The van der Waals surface area contributed by atoms with Gasteiger partial charge in [-0.15, -0.1) is 0 Å². The first kappa shape index (κ1) is 27.4. The first-order chi connectivity index (χ1) is 17.5. The number of carbonyl (C=O) groups excluding carboxylic acids is 2. The van der Waals surface area contributed by atoms with Crippen LogP contribution < -0.4 is 10.7 Å². The van der Waals surface area contributed by atoms with Gasteiger partial charge in [0, 0.05) is 13.6 Å². The van der Waals surface area contributed by atoms with Gasteiger partial charge in [0.2, 0.25) is 5.96 Å². The summed E-state index contributed by atoms with van der Waals surface area (Å²) >= 11 is 0. The lowest BCUT2D eigenvalue weighted by atomic mass is 10.1. The zero-order valence-corrected chi connectivity index (χ0v) is 22.1. The summed E-state index contributed by atoms with van der Waals surface area (Å²) in [6.45, 7) is 4.84. The summed E-state index contributed by atoms with van der Waals surface area (Å²) in [7, 11) is 1.67. The molecule has 196 valence electrons. The molecule has 0 saturated carbocycles. The fourth-order valence-electron chi connectivity index (χ4n) is 4.59. The number of hydrazone groups is 1. The number of allylic oxidation sites excluding steroid dienone is 1. The molecule has 3 rings (SSSR count). The molecule has 8 nitrogen and oxygen atoms in total. The van der Waals surface area contributed by atoms with E-state index < -0.39 is 18.2 Å². The number of rotatable bonds is 14. The molecule has 0 radical (unpaired) electrons. The van der Waals surface area contributed by atoms with Crippen molar-refractivity contribution in [2.24, 2.45) is 10.1 Å². The molecule has 2 unspecified atom stereocenters. The van der Waals surface area contributed by atoms with Gasteiger partial charge in [-0.2, -0.15) is 5.10 Å². The zero-order chi connectivity index (χ0) is 25.8. The number of fused-ring (bicyclic) bond motifs is 1. The number of amides is 3. The number of benzene rings is 1. The summed E-state index contributed by atoms with van der Waals surface area (Å²) in [6, 6.07) is 9.07. The van der Waals surface area contributed by atoms with Gasteiger partial charge < -0.3 is 9.80 Å². The van der Waals surface area contributed by atoms with Crippen molar-refractivity contribution in [3.8, 4) is 0 Å². The number of hydrogen-bond acceptors (Lipinski definition) is 6. The van der Waals surface area contributed by atoms with E-state index in [1.165, 1.54) is 56.3 Å². The van der Waals surface area contributed by atoms with Crippen LogP contribution in [0.3, 0.4) is 0 Å². The highest BCUT2D eigenvalue weighted by Gasteiger charge is 2.48. The Kier molecular flexibility index (Phi) is 11.0. The van der Waals surface area contributed by atoms with E-state index in [2.05, 4.69) is 27.8 Å². The fourth-order valence-corrected chi connectivity index (χ4v) is 4.59. The average molecular weight is 495 g/mol. The molecule has 36 heavy (non-hydrogen) atoms. The minimum atomic E-state index is -0.549. The second-order valence-electron chi connectivity index (χ2n) is 9.70. The maximum atomic E-state index is 12.7. The number of nitrogens with zero attached hydrogens (tertiary/aromatic N) is 4. The minimum absolute atomic E-state index is 0.305. The van der Waals surface area contributed by atoms with Crippen molar-refractivity contribution in [3.05, 3.63) is 42.0 Å². The first-order valence-electron chi connectivity index (χ1n) is 13.5. The number of unbranched alkanes of at least 4 members (excludes halogenated alkanes) is 9. The number of imide groups is 1. The van der Waals surface area contributed by atoms with E-state index in [1.54, 1.807) is 7.05 Å². The van der Waals surface area contributed by atoms with Gasteiger partial charge in [-0.3, -0.25) is 10.1 Å². The van der Waals surface area contributed by atoms with Gasteiger partial charge in [0.1, 0.15) is 0 Å². The number of guanidine groups is 1. The molecular weight excluding hydrogens is 452 g/mol. The Morgan fingerprint density at radius 2 is 1.67 bits per heavy atom. The number of likely N-dealkylation sites (N-methyl/N-ethyl adjacent to an activating group) is 1. The standard InChI is InChI=1S/C28H42N6O2/c1-4-5-6-7-8-9-10-11-12-16-21-34-24-25(33(3)28(36)30-26(24)35)29-27(34)32-31-22(2)19-20-23-17-14-13-15-18-23/h13-15,17-20,24-25H,4-12,16,21H2,1-3H3,(H,29,32)(H,30,35,36)/b20-19+,31-22-. The van der Waals surface area contributed by atoms with Crippen LogP contribution >= 0.6 is 0 Å². The smallest absolute Gasteiger partial charge is 0.325 e. The average Bonchev–Trinajstić information content (AvgIpc) is 3.25. The van der Waals surface area contributed by atoms with Crippen molar-refractivity contribution in [1.29, 1.82) is 0 Å². The number of aliphatic imine (C=N–C) groups is 1. The van der Waals surface area contributed by atoms with Crippen LogP contribution in [0.1, 0.15) is 83.6 Å². The van der Waals surface area contributed by atoms with E-state index in [0.717, 1.165) is 24.1 Å². The summed E-state index contributed by atoms with van der Waals surface area (Å²) in [5.74, 6) is 0.227. The molecule has 8 heteroatoms. The first-order valence-corrected chi connectivity index (χ1v) is 13.5. The molecule has 1 aromatic rings. The van der Waals surface area contributed by atoms with Crippen LogP contribution in [-0.4, -0.2) is 59.2 Å². The van der Waals surface area contributed by atoms with Gasteiger partial charge in [-0.1, -0.05) is 101 Å². The Morgan fingerprint density at radius 1 is 1.03 bits per heavy atom. The topological polar surface area (TPSA) is 89.4 Å². The third-order valence-electron chi connectivity index (χ3n) is 6.76. The Labute approximate surface area is 215 Å². The minimum Gasteiger partial charge on any atom is -0.326 e. The lowest BCUT2D eigenvalue weighted by Crippen LogP contribution is -2.64. The normalized spacial score (nSPS) is 20.1. The molecule has 0 aliphatic carbocycles. The quantitative estimate of drug-likeness (QED) is 0.213.